The molecule has 0 saturated carbocycles. The van der Waals surface area contributed by atoms with Gasteiger partial charge >= 0.3 is 5.97 Å². The molecule has 0 radical (unpaired) electrons. The molecule has 0 spiro atoms. The highest BCUT2D eigenvalue weighted by atomic mass is 32.2. The smallest absolute Gasteiger partial charge is 0.372 e. The van der Waals surface area contributed by atoms with Gasteiger partial charge in [0.2, 0.25) is 5.76 Å². The normalized spacial score (nSPS) is 13.0. The predicted octanol–water partition coefficient (Wildman–Crippen LogP) is 3.04. The second kappa shape index (κ2) is 5.57. The summed E-state index contributed by atoms with van der Waals surface area (Å²) in [5.41, 5.74) is 1.05. The number of carboxylic acid groups (broad SMARTS) is 1. The van der Waals surface area contributed by atoms with Crippen LogP contribution in [0.5, 0.6) is 0 Å². The van der Waals surface area contributed by atoms with Crippen molar-refractivity contribution in [3.05, 3.63) is 35.6 Å². The molecule has 19 heavy (non-hydrogen) atoms. The van der Waals surface area contributed by atoms with E-state index >= 15 is 0 Å². The zero-order valence-corrected chi connectivity index (χ0v) is 11.7. The highest BCUT2D eigenvalue weighted by molar-refractivity contribution is 7.84. The van der Waals surface area contributed by atoms with Crippen molar-refractivity contribution < 1.29 is 18.5 Å². The molecule has 2 aromatic rings. The molecular formula is C14H16O4S. The Bertz CT molecular complexity index is 627. The van der Waals surface area contributed by atoms with Crippen molar-refractivity contribution in [1.29, 1.82) is 0 Å². The number of furan rings is 1. The van der Waals surface area contributed by atoms with Crippen molar-refractivity contribution in [1.82, 2.24) is 0 Å². The Morgan fingerprint density at radius 2 is 2.05 bits per heavy atom. The molecule has 1 heterocycles. The zero-order chi connectivity index (χ0) is 14.0. The van der Waals surface area contributed by atoms with Gasteiger partial charge in [-0.15, -0.1) is 0 Å². The summed E-state index contributed by atoms with van der Waals surface area (Å²) in [5, 5.41) is 9.90. The topological polar surface area (TPSA) is 67.5 Å². The lowest BCUT2D eigenvalue weighted by Gasteiger charge is -2.04. The number of fused-ring (bicyclic) bond motifs is 1. The van der Waals surface area contributed by atoms with Gasteiger partial charge in [0.15, 0.2) is 0 Å². The Balaban J connectivity index is 2.42. The summed E-state index contributed by atoms with van der Waals surface area (Å²) in [6, 6.07) is 7.12. The lowest BCUT2D eigenvalue weighted by Crippen LogP contribution is -2.09. The Kier molecular flexibility index (Phi) is 4.04. The van der Waals surface area contributed by atoms with Gasteiger partial charge in [-0.2, -0.15) is 0 Å². The molecule has 1 atom stereocenters. The third kappa shape index (κ3) is 3.04. The first-order valence-electron chi connectivity index (χ1n) is 6.07. The van der Waals surface area contributed by atoms with Gasteiger partial charge in [-0.25, -0.2) is 4.79 Å². The van der Waals surface area contributed by atoms with E-state index in [2.05, 4.69) is 0 Å². The van der Waals surface area contributed by atoms with E-state index in [1.165, 1.54) is 0 Å². The molecule has 0 saturated heterocycles. The summed E-state index contributed by atoms with van der Waals surface area (Å²) < 4.78 is 17.3. The van der Waals surface area contributed by atoms with Crippen LogP contribution in [-0.2, 0) is 16.6 Å². The lowest BCUT2D eigenvalue weighted by molar-refractivity contribution is 0.0664. The summed E-state index contributed by atoms with van der Waals surface area (Å²) in [7, 11) is -1.09. The fourth-order valence-corrected chi connectivity index (χ4v) is 3.48. The number of aromatic carboxylic acids is 1. The predicted molar refractivity (Wildman–Crippen MR) is 74.7 cm³/mol. The molecule has 0 aliphatic carbocycles. The van der Waals surface area contributed by atoms with E-state index < -0.39 is 16.8 Å². The Labute approximate surface area is 113 Å². The Morgan fingerprint density at radius 1 is 1.37 bits per heavy atom. The molecule has 0 aliphatic rings. The molecule has 5 heteroatoms. The van der Waals surface area contributed by atoms with Gasteiger partial charge in [0.1, 0.15) is 5.58 Å². The molecule has 2 rings (SSSR count). The first kappa shape index (κ1) is 13.8. The van der Waals surface area contributed by atoms with Crippen molar-refractivity contribution in [2.75, 3.05) is 5.75 Å². The second-order valence-electron chi connectivity index (χ2n) is 4.86. The highest BCUT2D eigenvalue weighted by Gasteiger charge is 2.21. The van der Waals surface area contributed by atoms with Crippen LogP contribution in [0.2, 0.25) is 0 Å². The molecule has 1 aromatic heterocycles. The van der Waals surface area contributed by atoms with Gasteiger partial charge in [0, 0.05) is 27.5 Å². The number of benzene rings is 1. The third-order valence-corrected chi connectivity index (χ3v) is 4.37. The molecule has 4 nitrogen and oxygen atoms in total. The maximum Gasteiger partial charge on any atom is 0.372 e. The van der Waals surface area contributed by atoms with E-state index in [0.29, 0.717) is 22.8 Å². The van der Waals surface area contributed by atoms with Crippen LogP contribution in [0.3, 0.4) is 0 Å². The summed E-state index contributed by atoms with van der Waals surface area (Å²) >= 11 is 0. The first-order chi connectivity index (χ1) is 8.99. The molecule has 102 valence electrons. The van der Waals surface area contributed by atoms with E-state index in [0.717, 1.165) is 5.39 Å². The van der Waals surface area contributed by atoms with Gasteiger partial charge in [-0.3, -0.25) is 4.21 Å². The zero-order valence-electron chi connectivity index (χ0n) is 10.9. The number of para-hydroxylation sites is 1. The molecule has 0 amide bonds. The summed E-state index contributed by atoms with van der Waals surface area (Å²) in [5.74, 6) is -0.131. The van der Waals surface area contributed by atoms with Gasteiger partial charge in [-0.05, 0) is 12.0 Å². The average molecular weight is 280 g/mol. The van der Waals surface area contributed by atoms with Crippen molar-refractivity contribution in [2.45, 2.75) is 19.6 Å². The van der Waals surface area contributed by atoms with E-state index in [9.17, 15) is 9.00 Å². The minimum Gasteiger partial charge on any atom is -0.475 e. The summed E-state index contributed by atoms with van der Waals surface area (Å²) in [6.45, 7) is 3.98. The molecule has 0 fully saturated rings. The number of rotatable bonds is 5. The van der Waals surface area contributed by atoms with Gasteiger partial charge in [0.05, 0.1) is 5.75 Å². The Morgan fingerprint density at radius 3 is 2.68 bits per heavy atom. The van der Waals surface area contributed by atoms with E-state index in [4.69, 9.17) is 9.52 Å². The minimum atomic E-state index is -1.12. The van der Waals surface area contributed by atoms with Crippen LogP contribution in [0, 0.1) is 5.92 Å². The SMILES string of the molecule is CC(C)CS(=O)Cc1c(C(=O)O)oc2ccccc12. The average Bonchev–Trinajstić information content (AvgIpc) is 2.67. The number of carbonyl (C=O) groups is 1. The Hall–Kier alpha value is -1.62. The maximum absolute atomic E-state index is 12.0. The summed E-state index contributed by atoms with van der Waals surface area (Å²) in [4.78, 5) is 11.2. The molecular weight excluding hydrogens is 264 g/mol. The van der Waals surface area contributed by atoms with Crippen molar-refractivity contribution in [3.8, 4) is 0 Å². The van der Waals surface area contributed by atoms with Crippen LogP contribution in [0.4, 0.5) is 0 Å². The molecule has 1 unspecified atom stereocenters. The van der Waals surface area contributed by atoms with Crippen molar-refractivity contribution in [2.24, 2.45) is 5.92 Å². The van der Waals surface area contributed by atoms with E-state index in [1.807, 2.05) is 19.9 Å². The van der Waals surface area contributed by atoms with Gasteiger partial charge in [-0.1, -0.05) is 32.0 Å². The number of carboxylic acids is 1. The highest BCUT2D eigenvalue weighted by Crippen LogP contribution is 2.27. The first-order valence-corrected chi connectivity index (χ1v) is 7.56. The van der Waals surface area contributed by atoms with Crippen LogP contribution in [0.1, 0.15) is 30.0 Å². The van der Waals surface area contributed by atoms with Crippen molar-refractivity contribution >= 4 is 27.7 Å². The number of hydrogen-bond donors (Lipinski definition) is 1. The van der Waals surface area contributed by atoms with Gasteiger partial charge < -0.3 is 9.52 Å². The monoisotopic (exact) mass is 280 g/mol. The van der Waals surface area contributed by atoms with Crippen molar-refractivity contribution in [3.63, 3.8) is 0 Å². The summed E-state index contributed by atoms with van der Waals surface area (Å²) in [6.07, 6.45) is 0. The fourth-order valence-electron chi connectivity index (χ4n) is 2.01. The lowest BCUT2D eigenvalue weighted by atomic mass is 10.1. The third-order valence-electron chi connectivity index (χ3n) is 2.72. The molecule has 1 N–H and O–H groups in total. The van der Waals surface area contributed by atoms with Crippen LogP contribution in [0.15, 0.2) is 28.7 Å². The maximum atomic E-state index is 12.0. The van der Waals surface area contributed by atoms with Crippen LogP contribution >= 0.6 is 0 Å². The quantitative estimate of drug-likeness (QED) is 0.914. The van der Waals surface area contributed by atoms with Gasteiger partial charge in [0.25, 0.3) is 0 Å². The molecule has 0 bridgehead atoms. The molecule has 1 aromatic carbocycles. The van der Waals surface area contributed by atoms with Crippen LogP contribution < -0.4 is 0 Å². The largest absolute Gasteiger partial charge is 0.475 e. The number of hydrogen-bond acceptors (Lipinski definition) is 3. The second-order valence-corrected chi connectivity index (χ2v) is 6.36. The van der Waals surface area contributed by atoms with Crippen LogP contribution in [0.25, 0.3) is 11.0 Å². The van der Waals surface area contributed by atoms with E-state index in [-0.39, 0.29) is 11.5 Å². The fraction of sp³-hybridized carbons (Fsp3) is 0.357. The van der Waals surface area contributed by atoms with Crippen LogP contribution in [-0.4, -0.2) is 21.0 Å². The molecule has 0 aliphatic heterocycles. The van der Waals surface area contributed by atoms with E-state index in [1.54, 1.807) is 18.2 Å². The standard InChI is InChI=1S/C14H16O4S/c1-9(2)7-19(17)8-11-10-5-3-4-6-12(10)18-13(11)14(15)16/h3-6,9H,7-8H2,1-2H3,(H,15,16). The minimum absolute atomic E-state index is 0.0988.